The largest absolute Gasteiger partial charge is 0.449 e. The van der Waals surface area contributed by atoms with Crippen molar-refractivity contribution in [2.45, 2.75) is 20.0 Å². The number of ether oxygens (including phenoxy) is 2. The second-order valence-corrected chi connectivity index (χ2v) is 5.87. The maximum Gasteiger partial charge on any atom is 0.415 e. The van der Waals surface area contributed by atoms with Gasteiger partial charge in [-0.1, -0.05) is 13.8 Å². The summed E-state index contributed by atoms with van der Waals surface area (Å²) >= 11 is 1.47. The van der Waals surface area contributed by atoms with E-state index in [9.17, 15) is 9.59 Å². The number of thiophene rings is 1. The van der Waals surface area contributed by atoms with Gasteiger partial charge >= 0.3 is 12.2 Å². The van der Waals surface area contributed by atoms with Crippen LogP contribution in [0.25, 0.3) is 0 Å². The highest BCUT2D eigenvalue weighted by atomic mass is 32.1. The number of rotatable bonds is 5. The summed E-state index contributed by atoms with van der Waals surface area (Å²) < 4.78 is 10.2. The number of hydrogen-bond donors (Lipinski definition) is 1. The van der Waals surface area contributed by atoms with Crippen LogP contribution in [0.15, 0.2) is 17.5 Å². The van der Waals surface area contributed by atoms with Gasteiger partial charge in [-0.2, -0.15) is 0 Å². The molecule has 2 heterocycles. The molecule has 0 aliphatic carbocycles. The van der Waals surface area contributed by atoms with E-state index < -0.39 is 6.09 Å². The molecule has 2 amide bonds. The van der Waals surface area contributed by atoms with Crippen LogP contribution in [0, 0.1) is 5.92 Å². The Morgan fingerprint density at radius 2 is 2.45 bits per heavy atom. The number of carbonyl (C=O) groups excluding carboxylic acids is 2. The van der Waals surface area contributed by atoms with Gasteiger partial charge in [0.25, 0.3) is 0 Å². The average Bonchev–Trinajstić information content (AvgIpc) is 3.02. The minimum absolute atomic E-state index is 0.255. The fraction of sp³-hybridized carbons (Fsp3) is 0.538. The number of hydrogen-bond acceptors (Lipinski definition) is 5. The average molecular weight is 298 g/mol. The molecule has 1 aromatic heterocycles. The van der Waals surface area contributed by atoms with E-state index in [0.717, 1.165) is 5.00 Å². The molecule has 1 aliphatic heterocycles. The zero-order valence-corrected chi connectivity index (χ0v) is 12.3. The smallest absolute Gasteiger partial charge is 0.415 e. The Morgan fingerprint density at radius 3 is 3.10 bits per heavy atom. The van der Waals surface area contributed by atoms with Gasteiger partial charge in [0.2, 0.25) is 0 Å². The third kappa shape index (κ3) is 3.86. The van der Waals surface area contributed by atoms with E-state index in [1.54, 1.807) is 4.90 Å². The monoisotopic (exact) mass is 298 g/mol. The van der Waals surface area contributed by atoms with Crippen LogP contribution < -0.4 is 10.2 Å². The van der Waals surface area contributed by atoms with Gasteiger partial charge in [-0.25, -0.2) is 9.59 Å². The summed E-state index contributed by atoms with van der Waals surface area (Å²) in [7, 11) is 0. The first-order valence-corrected chi connectivity index (χ1v) is 7.36. The third-order valence-corrected chi connectivity index (χ3v) is 3.56. The van der Waals surface area contributed by atoms with Gasteiger partial charge in [0.15, 0.2) is 0 Å². The molecule has 7 heteroatoms. The lowest BCUT2D eigenvalue weighted by atomic mass is 10.2. The van der Waals surface area contributed by atoms with Crippen LogP contribution in [0.5, 0.6) is 0 Å². The minimum atomic E-state index is -0.482. The number of carbonyl (C=O) groups is 2. The molecule has 1 atom stereocenters. The standard InChI is InChI=1S/C13H18N2O4S/c1-9(2)8-18-12(16)14-6-10-7-15(13(17)19-10)11-4-3-5-20-11/h3-5,9-10H,6-8H2,1-2H3,(H,14,16). The molecule has 20 heavy (non-hydrogen) atoms. The highest BCUT2D eigenvalue weighted by Crippen LogP contribution is 2.25. The van der Waals surface area contributed by atoms with Gasteiger partial charge in [0, 0.05) is 0 Å². The Morgan fingerprint density at radius 1 is 1.65 bits per heavy atom. The Bertz CT molecular complexity index is 461. The number of nitrogens with zero attached hydrogens (tertiary/aromatic N) is 1. The molecule has 110 valence electrons. The summed E-state index contributed by atoms with van der Waals surface area (Å²) in [4.78, 5) is 24.7. The highest BCUT2D eigenvalue weighted by molar-refractivity contribution is 7.14. The first-order chi connectivity index (χ1) is 9.56. The summed E-state index contributed by atoms with van der Waals surface area (Å²) in [6.45, 7) is 4.99. The Hall–Kier alpha value is -1.76. The van der Waals surface area contributed by atoms with E-state index in [4.69, 9.17) is 9.47 Å². The molecule has 0 radical (unpaired) electrons. The predicted molar refractivity (Wildman–Crippen MR) is 76.1 cm³/mol. The Labute approximate surface area is 121 Å². The van der Waals surface area contributed by atoms with E-state index >= 15 is 0 Å². The molecule has 1 unspecified atom stereocenters. The van der Waals surface area contributed by atoms with Gasteiger partial charge in [-0.15, -0.1) is 11.3 Å². The van der Waals surface area contributed by atoms with Crippen LogP contribution in [-0.4, -0.2) is 38.0 Å². The second kappa shape index (κ2) is 6.60. The maximum atomic E-state index is 11.7. The zero-order chi connectivity index (χ0) is 14.5. The van der Waals surface area contributed by atoms with Crippen molar-refractivity contribution in [2.24, 2.45) is 5.92 Å². The minimum Gasteiger partial charge on any atom is -0.449 e. The van der Waals surface area contributed by atoms with Crippen molar-refractivity contribution in [2.75, 3.05) is 24.6 Å². The Balaban J connectivity index is 1.76. The van der Waals surface area contributed by atoms with Crippen molar-refractivity contribution in [3.05, 3.63) is 17.5 Å². The Kier molecular flexibility index (Phi) is 4.84. The summed E-state index contributed by atoms with van der Waals surface area (Å²) in [6, 6.07) is 3.74. The summed E-state index contributed by atoms with van der Waals surface area (Å²) in [5, 5.41) is 5.35. The lowest BCUT2D eigenvalue weighted by molar-refractivity contribution is 0.118. The first kappa shape index (κ1) is 14.6. The van der Waals surface area contributed by atoms with Crippen LogP contribution in [0.1, 0.15) is 13.8 Å². The van der Waals surface area contributed by atoms with Crippen molar-refractivity contribution in [1.29, 1.82) is 0 Å². The fourth-order valence-electron chi connectivity index (χ4n) is 1.72. The molecule has 0 spiro atoms. The van der Waals surface area contributed by atoms with Gasteiger partial charge in [-0.3, -0.25) is 4.90 Å². The molecular weight excluding hydrogens is 280 g/mol. The maximum absolute atomic E-state index is 11.7. The molecular formula is C13H18N2O4S. The third-order valence-electron chi connectivity index (χ3n) is 2.67. The van der Waals surface area contributed by atoms with Crippen LogP contribution in [0.2, 0.25) is 0 Å². The topological polar surface area (TPSA) is 67.9 Å². The van der Waals surface area contributed by atoms with Crippen molar-refractivity contribution < 1.29 is 19.1 Å². The van der Waals surface area contributed by atoms with Gasteiger partial charge in [0.1, 0.15) is 11.1 Å². The number of nitrogens with one attached hydrogen (secondary N) is 1. The lowest BCUT2D eigenvalue weighted by Crippen LogP contribution is -2.35. The van der Waals surface area contributed by atoms with E-state index in [1.807, 2.05) is 31.4 Å². The summed E-state index contributed by atoms with van der Waals surface area (Å²) in [5.74, 6) is 0.291. The molecule has 1 aromatic rings. The van der Waals surface area contributed by atoms with Crippen molar-refractivity contribution in [3.63, 3.8) is 0 Å². The zero-order valence-electron chi connectivity index (χ0n) is 11.5. The van der Waals surface area contributed by atoms with E-state index in [0.29, 0.717) is 19.1 Å². The molecule has 2 rings (SSSR count). The van der Waals surface area contributed by atoms with Crippen molar-refractivity contribution in [1.82, 2.24) is 5.32 Å². The summed E-state index contributed by atoms with van der Waals surface area (Å²) in [6.07, 6.45) is -1.21. The van der Waals surface area contributed by atoms with Crippen LogP contribution in [0.4, 0.5) is 14.6 Å². The first-order valence-electron chi connectivity index (χ1n) is 6.48. The van der Waals surface area contributed by atoms with Gasteiger partial charge in [0.05, 0.1) is 19.7 Å². The fourth-order valence-corrected chi connectivity index (χ4v) is 2.45. The molecule has 0 aromatic carbocycles. The van der Waals surface area contributed by atoms with E-state index in [-0.39, 0.29) is 18.7 Å². The van der Waals surface area contributed by atoms with Crippen LogP contribution >= 0.6 is 11.3 Å². The van der Waals surface area contributed by atoms with Crippen molar-refractivity contribution >= 4 is 28.5 Å². The second-order valence-electron chi connectivity index (χ2n) is 4.94. The van der Waals surface area contributed by atoms with Crippen LogP contribution in [-0.2, 0) is 9.47 Å². The summed E-state index contributed by atoms with van der Waals surface area (Å²) in [5.41, 5.74) is 0. The van der Waals surface area contributed by atoms with Crippen molar-refractivity contribution in [3.8, 4) is 0 Å². The lowest BCUT2D eigenvalue weighted by Gasteiger charge is -2.11. The SMILES string of the molecule is CC(C)COC(=O)NCC1CN(c2cccs2)C(=O)O1. The molecule has 0 bridgehead atoms. The highest BCUT2D eigenvalue weighted by Gasteiger charge is 2.33. The number of alkyl carbamates (subject to hydrolysis) is 1. The molecule has 0 saturated carbocycles. The number of cyclic esters (lactones) is 1. The predicted octanol–water partition coefficient (Wildman–Crippen LogP) is 2.46. The molecule has 1 fully saturated rings. The van der Waals surface area contributed by atoms with Gasteiger partial charge < -0.3 is 14.8 Å². The molecule has 6 nitrogen and oxygen atoms in total. The molecule has 1 N–H and O–H groups in total. The number of amides is 2. The normalized spacial score (nSPS) is 18.2. The molecule has 1 saturated heterocycles. The quantitative estimate of drug-likeness (QED) is 0.906. The van der Waals surface area contributed by atoms with E-state index in [1.165, 1.54) is 11.3 Å². The molecule has 1 aliphatic rings. The van der Waals surface area contributed by atoms with Gasteiger partial charge in [-0.05, 0) is 23.4 Å². The van der Waals surface area contributed by atoms with E-state index in [2.05, 4.69) is 5.32 Å². The number of anilines is 1. The van der Waals surface area contributed by atoms with Crippen LogP contribution in [0.3, 0.4) is 0 Å².